The maximum atomic E-state index is 12.5. The predicted molar refractivity (Wildman–Crippen MR) is 79.4 cm³/mol. The first-order valence-corrected chi connectivity index (χ1v) is 6.92. The van der Waals surface area contributed by atoms with Crippen LogP contribution in [0.1, 0.15) is 24.8 Å². The summed E-state index contributed by atoms with van der Waals surface area (Å²) in [6.07, 6.45) is 1.79. The Balaban J connectivity index is 2.15. The summed E-state index contributed by atoms with van der Waals surface area (Å²) < 4.78 is 5.46. The minimum absolute atomic E-state index is 0.155. The van der Waals surface area contributed by atoms with Crippen molar-refractivity contribution in [2.75, 3.05) is 18.1 Å². The summed E-state index contributed by atoms with van der Waals surface area (Å²) in [7, 11) is 0. The molecule has 5 nitrogen and oxygen atoms in total. The second kappa shape index (κ2) is 6.54. The lowest BCUT2D eigenvalue weighted by atomic mass is 10.0. The molecule has 21 heavy (non-hydrogen) atoms. The van der Waals surface area contributed by atoms with E-state index in [1.165, 1.54) is 4.90 Å². The van der Waals surface area contributed by atoms with E-state index in [1.54, 1.807) is 37.3 Å². The molecule has 112 valence electrons. The minimum atomic E-state index is -0.919. The summed E-state index contributed by atoms with van der Waals surface area (Å²) in [4.78, 5) is 25.3. The molecule has 0 radical (unpaired) electrons. The summed E-state index contributed by atoms with van der Waals surface area (Å²) >= 11 is 0. The molecule has 0 bridgehead atoms. The van der Waals surface area contributed by atoms with Gasteiger partial charge in [-0.3, -0.25) is 9.59 Å². The monoisotopic (exact) mass is 289 g/mol. The number of carboxylic acids is 1. The van der Waals surface area contributed by atoms with Crippen molar-refractivity contribution in [3.05, 3.63) is 42.5 Å². The lowest BCUT2D eigenvalue weighted by molar-refractivity contribution is -0.138. The molecule has 1 aromatic carbocycles. The van der Waals surface area contributed by atoms with E-state index in [4.69, 9.17) is 4.74 Å². The molecule has 0 saturated carbocycles. The molecule has 2 rings (SSSR count). The van der Waals surface area contributed by atoms with Crippen molar-refractivity contribution < 1.29 is 19.4 Å². The zero-order chi connectivity index (χ0) is 15.4. The molecule has 2 unspecified atom stereocenters. The molecule has 1 N–H and O–H groups in total. The number of benzene rings is 1. The number of carbonyl (C=O) groups excluding carboxylic acids is 1. The first kappa shape index (κ1) is 15.3. The normalized spacial score (nSPS) is 18.1. The molecule has 5 heteroatoms. The first-order chi connectivity index (χ1) is 10.1. The van der Waals surface area contributed by atoms with Gasteiger partial charge in [0, 0.05) is 12.2 Å². The number of carbonyl (C=O) groups is 2. The number of ether oxygens (including phenoxy) is 1. The van der Waals surface area contributed by atoms with Crippen molar-refractivity contribution in [2.45, 2.75) is 25.4 Å². The number of amides is 1. The van der Waals surface area contributed by atoms with Gasteiger partial charge in [0.1, 0.15) is 12.0 Å². The van der Waals surface area contributed by atoms with Gasteiger partial charge in [-0.15, -0.1) is 6.58 Å². The lowest BCUT2D eigenvalue weighted by Gasteiger charge is -2.21. The van der Waals surface area contributed by atoms with Gasteiger partial charge in [0.15, 0.2) is 0 Å². The van der Waals surface area contributed by atoms with E-state index in [0.29, 0.717) is 24.3 Å². The van der Waals surface area contributed by atoms with Crippen LogP contribution < -0.4 is 4.90 Å². The Morgan fingerprint density at radius 3 is 2.90 bits per heavy atom. The molecule has 1 aliphatic rings. The number of rotatable bonds is 6. The number of anilines is 1. The quantitative estimate of drug-likeness (QED) is 0.644. The predicted octanol–water partition coefficient (Wildman–Crippen LogP) is 2.18. The van der Waals surface area contributed by atoms with Gasteiger partial charge in [-0.25, -0.2) is 0 Å². The lowest BCUT2D eigenvalue weighted by Crippen LogP contribution is -2.39. The third kappa shape index (κ3) is 3.13. The van der Waals surface area contributed by atoms with Crippen molar-refractivity contribution >= 4 is 17.6 Å². The smallest absolute Gasteiger partial charge is 0.312 e. The van der Waals surface area contributed by atoms with E-state index in [0.717, 1.165) is 0 Å². The Morgan fingerprint density at radius 1 is 1.52 bits per heavy atom. The third-order valence-electron chi connectivity index (χ3n) is 3.57. The van der Waals surface area contributed by atoms with Gasteiger partial charge in [0.25, 0.3) is 5.91 Å². The Hall–Kier alpha value is -2.14. The van der Waals surface area contributed by atoms with E-state index in [2.05, 4.69) is 6.58 Å². The molecule has 1 heterocycles. The van der Waals surface area contributed by atoms with Crippen molar-refractivity contribution in [2.24, 2.45) is 0 Å². The summed E-state index contributed by atoms with van der Waals surface area (Å²) in [5, 5.41) is 9.29. The molecule has 1 amide bonds. The van der Waals surface area contributed by atoms with E-state index in [9.17, 15) is 14.7 Å². The topological polar surface area (TPSA) is 66.8 Å². The zero-order valence-electron chi connectivity index (χ0n) is 12.0. The van der Waals surface area contributed by atoms with Crippen LogP contribution in [0, 0.1) is 0 Å². The number of nitrogens with zero attached hydrogens (tertiary/aromatic N) is 1. The Morgan fingerprint density at radius 2 is 2.24 bits per heavy atom. The highest BCUT2D eigenvalue weighted by Gasteiger charge is 2.37. The molecule has 0 spiro atoms. The van der Waals surface area contributed by atoms with E-state index in [1.807, 2.05) is 0 Å². The molecule has 2 atom stereocenters. The molecular formula is C16H19NO4. The van der Waals surface area contributed by atoms with Crippen LogP contribution >= 0.6 is 0 Å². The molecule has 0 aromatic heterocycles. The zero-order valence-corrected chi connectivity index (χ0v) is 12.0. The average molecular weight is 289 g/mol. The highest BCUT2D eigenvalue weighted by Crippen LogP contribution is 2.36. The summed E-state index contributed by atoms with van der Waals surface area (Å²) in [5.74, 6) is -1.81. The molecule has 0 aliphatic carbocycles. The van der Waals surface area contributed by atoms with Crippen LogP contribution in [0.5, 0.6) is 0 Å². The Bertz CT molecular complexity index is 555. The molecule has 0 fully saturated rings. The maximum Gasteiger partial charge on any atom is 0.312 e. The fraction of sp³-hybridized carbons (Fsp3) is 0.375. The number of carboxylic acid groups (broad SMARTS) is 1. The fourth-order valence-electron chi connectivity index (χ4n) is 2.45. The van der Waals surface area contributed by atoms with Crippen LogP contribution in [0.25, 0.3) is 0 Å². The van der Waals surface area contributed by atoms with E-state index >= 15 is 0 Å². The molecular weight excluding hydrogens is 270 g/mol. The van der Waals surface area contributed by atoms with Gasteiger partial charge < -0.3 is 14.7 Å². The Kier molecular flexibility index (Phi) is 4.75. The highest BCUT2D eigenvalue weighted by molar-refractivity contribution is 6.01. The van der Waals surface area contributed by atoms with Crippen molar-refractivity contribution in [1.29, 1.82) is 0 Å². The second-order valence-corrected chi connectivity index (χ2v) is 4.99. The van der Waals surface area contributed by atoms with Gasteiger partial charge in [0.05, 0.1) is 6.61 Å². The van der Waals surface area contributed by atoms with Crippen molar-refractivity contribution in [3.63, 3.8) is 0 Å². The first-order valence-electron chi connectivity index (χ1n) is 6.92. The van der Waals surface area contributed by atoms with Crippen molar-refractivity contribution in [3.8, 4) is 0 Å². The fourth-order valence-corrected chi connectivity index (χ4v) is 2.45. The number of hydrogen-bond acceptors (Lipinski definition) is 3. The largest absolute Gasteiger partial charge is 0.481 e. The van der Waals surface area contributed by atoms with Crippen LogP contribution in [0.15, 0.2) is 36.9 Å². The Labute approximate surface area is 123 Å². The summed E-state index contributed by atoms with van der Waals surface area (Å²) in [6.45, 7) is 5.86. The highest BCUT2D eigenvalue weighted by atomic mass is 16.5. The van der Waals surface area contributed by atoms with Crippen LogP contribution in [0.2, 0.25) is 0 Å². The summed E-state index contributed by atoms with van der Waals surface area (Å²) in [5.41, 5.74) is 1.34. The molecule has 1 aliphatic heterocycles. The third-order valence-corrected chi connectivity index (χ3v) is 3.57. The minimum Gasteiger partial charge on any atom is -0.481 e. The van der Waals surface area contributed by atoms with Crippen LogP contribution in [-0.2, 0) is 14.3 Å². The van der Waals surface area contributed by atoms with Gasteiger partial charge in [-0.1, -0.05) is 24.3 Å². The van der Waals surface area contributed by atoms with Crippen LogP contribution in [0.3, 0.4) is 0 Å². The number of fused-ring (bicyclic) bond motifs is 1. The standard InChI is InChI=1S/C16H19NO4/c1-3-4-9-21-11(2)15(18)17-10-13(16(19)20)12-7-5-6-8-14(12)17/h3,5-8,11,13H,1,4,9-10H2,2H3,(H,19,20). The van der Waals surface area contributed by atoms with Crippen LogP contribution in [-0.4, -0.2) is 36.2 Å². The average Bonchev–Trinajstić information content (AvgIpc) is 2.86. The molecule has 1 aromatic rings. The number of para-hydroxylation sites is 1. The van der Waals surface area contributed by atoms with Crippen LogP contribution in [0.4, 0.5) is 5.69 Å². The van der Waals surface area contributed by atoms with Gasteiger partial charge in [-0.2, -0.15) is 0 Å². The number of hydrogen-bond donors (Lipinski definition) is 1. The van der Waals surface area contributed by atoms with Crippen molar-refractivity contribution in [1.82, 2.24) is 0 Å². The van der Waals surface area contributed by atoms with Gasteiger partial charge in [0.2, 0.25) is 0 Å². The van der Waals surface area contributed by atoms with Gasteiger partial charge in [-0.05, 0) is 25.0 Å². The van der Waals surface area contributed by atoms with Gasteiger partial charge >= 0.3 is 5.97 Å². The number of aliphatic carboxylic acids is 1. The molecule has 0 saturated heterocycles. The SMILES string of the molecule is C=CCCOC(C)C(=O)N1CC(C(=O)O)c2ccccc21. The van der Waals surface area contributed by atoms with E-state index < -0.39 is 18.0 Å². The van der Waals surface area contributed by atoms with E-state index in [-0.39, 0.29) is 12.5 Å². The summed E-state index contributed by atoms with van der Waals surface area (Å²) in [6, 6.07) is 7.11. The second-order valence-electron chi connectivity index (χ2n) is 4.99. The maximum absolute atomic E-state index is 12.5.